The molecular weight excluding hydrogens is 446 g/mol. The average molecular weight is 464 g/mol. The monoisotopic (exact) mass is 463 g/mol. The summed E-state index contributed by atoms with van der Waals surface area (Å²) >= 11 is 3.45. The van der Waals surface area contributed by atoms with E-state index in [0.717, 1.165) is 27.2 Å². The highest BCUT2D eigenvalue weighted by Gasteiger charge is 2.13. The molecule has 30 heavy (non-hydrogen) atoms. The Kier molecular flexibility index (Phi) is 5.87. The molecule has 0 radical (unpaired) electrons. The van der Waals surface area contributed by atoms with Gasteiger partial charge in [0.1, 0.15) is 0 Å². The molecule has 0 spiro atoms. The van der Waals surface area contributed by atoms with Gasteiger partial charge in [-0.1, -0.05) is 46.3 Å². The Hall–Kier alpha value is -3.49. The molecule has 4 aromatic rings. The molecule has 7 nitrogen and oxygen atoms in total. The number of amides is 1. The first-order valence-electron chi connectivity index (χ1n) is 9.20. The standard InChI is InChI=1S/C22H18BrN5O2/c23-17-10-6-15(7-11-17)21-25-20(28(26-21)19-4-2-1-3-5-19)14-24-18-12-8-16(9-13-18)22(29)27-30/h1-13,24,30H,14H2,(H,27,29). The van der Waals surface area contributed by atoms with Crippen LogP contribution in [0.3, 0.4) is 0 Å². The second-order valence-corrected chi connectivity index (χ2v) is 7.39. The van der Waals surface area contributed by atoms with Crippen molar-refractivity contribution < 1.29 is 10.0 Å². The molecule has 0 bridgehead atoms. The summed E-state index contributed by atoms with van der Waals surface area (Å²) in [5.41, 5.74) is 4.65. The average Bonchev–Trinajstić information content (AvgIpc) is 3.23. The number of para-hydroxylation sites is 1. The molecule has 0 atom stereocenters. The minimum absolute atomic E-state index is 0.369. The van der Waals surface area contributed by atoms with Crippen LogP contribution in [0.25, 0.3) is 17.1 Å². The van der Waals surface area contributed by atoms with Gasteiger partial charge in [0, 0.05) is 21.3 Å². The van der Waals surface area contributed by atoms with Crippen molar-refractivity contribution in [2.45, 2.75) is 6.54 Å². The van der Waals surface area contributed by atoms with Crippen LogP contribution in [0, 0.1) is 0 Å². The summed E-state index contributed by atoms with van der Waals surface area (Å²) in [6.45, 7) is 0.434. The Balaban J connectivity index is 1.61. The van der Waals surface area contributed by atoms with Crippen molar-refractivity contribution in [1.29, 1.82) is 0 Å². The lowest BCUT2D eigenvalue weighted by molar-refractivity contribution is 0.0706. The molecule has 150 valence electrons. The molecule has 1 amide bonds. The van der Waals surface area contributed by atoms with Gasteiger partial charge in [0.25, 0.3) is 5.91 Å². The lowest BCUT2D eigenvalue weighted by Gasteiger charge is -2.08. The largest absolute Gasteiger partial charge is 0.378 e. The molecule has 0 saturated heterocycles. The van der Waals surface area contributed by atoms with E-state index < -0.39 is 5.91 Å². The number of anilines is 1. The quantitative estimate of drug-likeness (QED) is 0.290. The maximum Gasteiger partial charge on any atom is 0.274 e. The fourth-order valence-electron chi connectivity index (χ4n) is 2.94. The minimum atomic E-state index is -0.551. The third-order valence-corrected chi connectivity index (χ3v) is 5.01. The van der Waals surface area contributed by atoms with Crippen LogP contribution >= 0.6 is 15.9 Å². The second-order valence-electron chi connectivity index (χ2n) is 6.48. The number of nitrogens with zero attached hydrogens (tertiary/aromatic N) is 3. The first kappa shape index (κ1) is 19.8. The van der Waals surface area contributed by atoms with Crippen molar-refractivity contribution in [1.82, 2.24) is 20.2 Å². The molecule has 0 fully saturated rings. The number of hydrogen-bond acceptors (Lipinski definition) is 5. The van der Waals surface area contributed by atoms with Gasteiger partial charge in [-0.2, -0.15) is 0 Å². The normalized spacial score (nSPS) is 10.6. The van der Waals surface area contributed by atoms with Crippen LogP contribution in [0.15, 0.2) is 83.3 Å². The van der Waals surface area contributed by atoms with E-state index in [0.29, 0.717) is 17.9 Å². The SMILES string of the molecule is O=C(NO)c1ccc(NCc2nc(-c3ccc(Br)cc3)nn2-c2ccccc2)cc1. The smallest absolute Gasteiger partial charge is 0.274 e. The molecule has 0 aliphatic carbocycles. The first-order valence-corrected chi connectivity index (χ1v) is 9.99. The van der Waals surface area contributed by atoms with Gasteiger partial charge >= 0.3 is 0 Å². The fraction of sp³-hybridized carbons (Fsp3) is 0.0455. The van der Waals surface area contributed by atoms with E-state index in [9.17, 15) is 4.79 Å². The molecule has 0 aliphatic rings. The highest BCUT2D eigenvalue weighted by Crippen LogP contribution is 2.21. The molecule has 1 heterocycles. The number of hydroxylamine groups is 1. The Morgan fingerprint density at radius 3 is 2.33 bits per heavy atom. The van der Waals surface area contributed by atoms with Crippen molar-refractivity contribution >= 4 is 27.5 Å². The predicted molar refractivity (Wildman–Crippen MR) is 118 cm³/mol. The fourth-order valence-corrected chi connectivity index (χ4v) is 3.21. The zero-order valence-electron chi connectivity index (χ0n) is 15.8. The van der Waals surface area contributed by atoms with E-state index >= 15 is 0 Å². The number of rotatable bonds is 6. The highest BCUT2D eigenvalue weighted by atomic mass is 79.9. The number of nitrogens with one attached hydrogen (secondary N) is 2. The molecule has 1 aromatic heterocycles. The van der Waals surface area contributed by atoms with E-state index in [1.807, 2.05) is 59.3 Å². The molecule has 4 rings (SSSR count). The van der Waals surface area contributed by atoms with Gasteiger partial charge in [0.2, 0.25) is 0 Å². The Morgan fingerprint density at radius 2 is 1.67 bits per heavy atom. The topological polar surface area (TPSA) is 92.1 Å². The zero-order chi connectivity index (χ0) is 20.9. The maximum atomic E-state index is 11.5. The van der Waals surface area contributed by atoms with Gasteiger partial charge in [-0.15, -0.1) is 5.10 Å². The van der Waals surface area contributed by atoms with Gasteiger partial charge in [-0.05, 0) is 48.5 Å². The lowest BCUT2D eigenvalue weighted by atomic mass is 10.2. The second kappa shape index (κ2) is 8.89. The van der Waals surface area contributed by atoms with Gasteiger partial charge in [0.05, 0.1) is 12.2 Å². The Labute approximate surface area is 181 Å². The summed E-state index contributed by atoms with van der Waals surface area (Å²) in [4.78, 5) is 16.2. The van der Waals surface area contributed by atoms with Crippen LogP contribution < -0.4 is 10.8 Å². The molecule has 8 heteroatoms. The van der Waals surface area contributed by atoms with Crippen molar-refractivity contribution in [2.24, 2.45) is 0 Å². The molecule has 0 unspecified atom stereocenters. The van der Waals surface area contributed by atoms with Gasteiger partial charge in [-0.25, -0.2) is 15.1 Å². The Bertz CT molecular complexity index is 1140. The van der Waals surface area contributed by atoms with Crippen molar-refractivity contribution in [3.63, 3.8) is 0 Å². The van der Waals surface area contributed by atoms with Crippen LogP contribution in [0.2, 0.25) is 0 Å². The predicted octanol–water partition coefficient (Wildman–Crippen LogP) is 4.43. The van der Waals surface area contributed by atoms with Crippen LogP contribution in [0.4, 0.5) is 5.69 Å². The number of hydrogen-bond donors (Lipinski definition) is 3. The van der Waals surface area contributed by atoms with Crippen molar-refractivity contribution in [3.05, 3.63) is 94.7 Å². The van der Waals surface area contributed by atoms with Crippen molar-refractivity contribution in [2.75, 3.05) is 5.32 Å². The summed E-state index contributed by atoms with van der Waals surface area (Å²) < 4.78 is 2.81. The lowest BCUT2D eigenvalue weighted by Crippen LogP contribution is -2.18. The van der Waals surface area contributed by atoms with E-state index in [2.05, 4.69) is 21.2 Å². The van der Waals surface area contributed by atoms with Crippen LogP contribution in [0.1, 0.15) is 16.2 Å². The van der Waals surface area contributed by atoms with E-state index in [1.165, 1.54) is 0 Å². The zero-order valence-corrected chi connectivity index (χ0v) is 17.4. The van der Waals surface area contributed by atoms with E-state index in [1.54, 1.807) is 29.7 Å². The van der Waals surface area contributed by atoms with E-state index in [-0.39, 0.29) is 0 Å². The Morgan fingerprint density at radius 1 is 0.967 bits per heavy atom. The molecule has 0 saturated carbocycles. The minimum Gasteiger partial charge on any atom is -0.378 e. The summed E-state index contributed by atoms with van der Waals surface area (Å²) in [5.74, 6) is 0.832. The number of carbonyl (C=O) groups excluding carboxylic acids is 1. The third kappa shape index (κ3) is 4.40. The van der Waals surface area contributed by atoms with Gasteiger partial charge in [-0.3, -0.25) is 10.0 Å². The van der Waals surface area contributed by atoms with Gasteiger partial charge in [0.15, 0.2) is 11.6 Å². The van der Waals surface area contributed by atoms with Crippen LogP contribution in [-0.2, 0) is 6.54 Å². The molecular formula is C22H18BrN5O2. The summed E-state index contributed by atoms with van der Waals surface area (Å²) in [6, 6.07) is 24.5. The summed E-state index contributed by atoms with van der Waals surface area (Å²) in [7, 11) is 0. The van der Waals surface area contributed by atoms with Crippen LogP contribution in [0.5, 0.6) is 0 Å². The molecule has 3 aromatic carbocycles. The maximum absolute atomic E-state index is 11.5. The first-order chi connectivity index (χ1) is 14.6. The third-order valence-electron chi connectivity index (χ3n) is 4.48. The molecule has 0 aliphatic heterocycles. The van der Waals surface area contributed by atoms with Gasteiger partial charge < -0.3 is 5.32 Å². The van der Waals surface area contributed by atoms with E-state index in [4.69, 9.17) is 15.3 Å². The number of aromatic nitrogens is 3. The molecule has 3 N–H and O–H groups in total. The number of benzene rings is 3. The highest BCUT2D eigenvalue weighted by molar-refractivity contribution is 9.10. The van der Waals surface area contributed by atoms with Crippen LogP contribution in [-0.4, -0.2) is 25.9 Å². The number of halogens is 1. The van der Waals surface area contributed by atoms with Crippen molar-refractivity contribution in [3.8, 4) is 17.1 Å². The summed E-state index contributed by atoms with van der Waals surface area (Å²) in [6.07, 6.45) is 0. The summed E-state index contributed by atoms with van der Waals surface area (Å²) in [5, 5.41) is 16.7. The number of carbonyl (C=O) groups is 1.